The number of carbonyl (C=O) groups excluding carboxylic acids is 1. The van der Waals surface area contributed by atoms with Crippen molar-refractivity contribution in [1.29, 1.82) is 0 Å². The lowest BCUT2D eigenvalue weighted by Gasteiger charge is -2.07. The third kappa shape index (κ3) is 3.27. The molecular formula is C22H17FN2O2S. The van der Waals surface area contributed by atoms with Crippen LogP contribution in [0.4, 0.5) is 4.39 Å². The number of Topliss-reactive ketones (excluding diaryl/α,β-unsaturated/α-hetero) is 1. The number of hydrogen-bond acceptors (Lipinski definition) is 4. The second-order valence-electron chi connectivity index (χ2n) is 6.69. The van der Waals surface area contributed by atoms with Gasteiger partial charge in [0.2, 0.25) is 0 Å². The molecule has 140 valence electrons. The molecule has 0 atom stereocenters. The van der Waals surface area contributed by atoms with Crippen LogP contribution in [0.5, 0.6) is 0 Å². The highest BCUT2D eigenvalue weighted by Crippen LogP contribution is 2.35. The first-order chi connectivity index (χ1) is 13.4. The van der Waals surface area contributed by atoms with Crippen molar-refractivity contribution >= 4 is 27.3 Å². The van der Waals surface area contributed by atoms with Gasteiger partial charge >= 0.3 is 0 Å². The van der Waals surface area contributed by atoms with Gasteiger partial charge in [0, 0.05) is 16.0 Å². The van der Waals surface area contributed by atoms with Crippen LogP contribution >= 0.6 is 11.3 Å². The number of fused-ring (bicyclic) bond motifs is 1. The molecule has 0 spiro atoms. The molecule has 0 aliphatic heterocycles. The van der Waals surface area contributed by atoms with E-state index in [4.69, 9.17) is 0 Å². The van der Waals surface area contributed by atoms with E-state index in [0.29, 0.717) is 15.8 Å². The number of ketones is 1. The van der Waals surface area contributed by atoms with Crippen LogP contribution in [-0.2, 0) is 6.54 Å². The highest BCUT2D eigenvalue weighted by molar-refractivity contribution is 7.19. The van der Waals surface area contributed by atoms with E-state index in [9.17, 15) is 14.0 Å². The molecule has 2 aromatic carbocycles. The van der Waals surface area contributed by atoms with Crippen LogP contribution in [0.3, 0.4) is 0 Å². The molecule has 0 radical (unpaired) electrons. The first-order valence-electron chi connectivity index (χ1n) is 8.78. The van der Waals surface area contributed by atoms with Crippen LogP contribution in [0, 0.1) is 19.7 Å². The number of nitrogens with zero attached hydrogens (tertiary/aromatic N) is 2. The van der Waals surface area contributed by atoms with E-state index >= 15 is 0 Å². The number of hydrogen-bond donors (Lipinski definition) is 0. The third-order valence-electron chi connectivity index (χ3n) is 4.68. The lowest BCUT2D eigenvalue weighted by atomic mass is 10.0. The molecule has 0 saturated heterocycles. The SMILES string of the molecule is Cc1ccc(-c2c(C)sc3ncn(CC(=O)c4ccc(F)cc4)c(=O)c23)cc1. The second-order valence-corrected chi connectivity index (χ2v) is 7.89. The summed E-state index contributed by atoms with van der Waals surface area (Å²) in [6, 6.07) is 13.3. The molecule has 0 amide bonds. The summed E-state index contributed by atoms with van der Waals surface area (Å²) >= 11 is 1.47. The number of rotatable bonds is 4. The van der Waals surface area contributed by atoms with Crippen molar-refractivity contribution in [2.45, 2.75) is 20.4 Å². The molecule has 0 fully saturated rings. The summed E-state index contributed by atoms with van der Waals surface area (Å²) in [6.07, 6.45) is 1.40. The van der Waals surface area contributed by atoms with E-state index in [1.165, 1.54) is 46.5 Å². The van der Waals surface area contributed by atoms with Gasteiger partial charge in [-0.1, -0.05) is 29.8 Å². The zero-order chi connectivity index (χ0) is 19.8. The average molecular weight is 392 g/mol. The molecule has 2 heterocycles. The standard InChI is InChI=1S/C22H17FN2O2S/c1-13-3-5-16(6-4-13)19-14(2)28-21-20(19)22(27)25(12-24-21)11-18(26)15-7-9-17(23)10-8-15/h3-10,12H,11H2,1-2H3. The summed E-state index contributed by atoms with van der Waals surface area (Å²) in [5, 5.41) is 0.528. The summed E-state index contributed by atoms with van der Waals surface area (Å²) < 4.78 is 14.4. The summed E-state index contributed by atoms with van der Waals surface area (Å²) in [5.41, 5.74) is 3.06. The van der Waals surface area contributed by atoms with Gasteiger partial charge in [0.15, 0.2) is 5.78 Å². The van der Waals surface area contributed by atoms with Gasteiger partial charge in [-0.25, -0.2) is 9.37 Å². The summed E-state index contributed by atoms with van der Waals surface area (Å²) in [7, 11) is 0. The molecule has 4 nitrogen and oxygen atoms in total. The minimum Gasteiger partial charge on any atom is -0.292 e. The van der Waals surface area contributed by atoms with Gasteiger partial charge in [-0.3, -0.25) is 14.2 Å². The van der Waals surface area contributed by atoms with E-state index in [-0.39, 0.29) is 17.9 Å². The van der Waals surface area contributed by atoms with Gasteiger partial charge in [-0.2, -0.15) is 0 Å². The van der Waals surface area contributed by atoms with Crippen molar-refractivity contribution < 1.29 is 9.18 Å². The van der Waals surface area contributed by atoms with Crippen LogP contribution in [0.2, 0.25) is 0 Å². The Labute approximate surface area is 164 Å². The Bertz CT molecular complexity index is 1240. The van der Waals surface area contributed by atoms with E-state index in [1.54, 1.807) is 0 Å². The first kappa shape index (κ1) is 18.3. The van der Waals surface area contributed by atoms with Crippen molar-refractivity contribution in [2.75, 3.05) is 0 Å². The van der Waals surface area contributed by atoms with Crippen molar-refractivity contribution in [1.82, 2.24) is 9.55 Å². The van der Waals surface area contributed by atoms with Crippen molar-refractivity contribution in [3.63, 3.8) is 0 Å². The molecule has 0 unspecified atom stereocenters. The lowest BCUT2D eigenvalue weighted by molar-refractivity contribution is 0.0970. The Balaban J connectivity index is 1.79. The molecule has 4 aromatic rings. The van der Waals surface area contributed by atoms with Crippen LogP contribution < -0.4 is 5.56 Å². The summed E-state index contributed by atoms with van der Waals surface area (Å²) in [5.74, 6) is -0.680. The third-order valence-corrected chi connectivity index (χ3v) is 5.69. The van der Waals surface area contributed by atoms with Crippen LogP contribution in [0.15, 0.2) is 59.7 Å². The molecule has 2 aromatic heterocycles. The molecule has 6 heteroatoms. The lowest BCUT2D eigenvalue weighted by Crippen LogP contribution is -2.24. The van der Waals surface area contributed by atoms with Gasteiger partial charge in [0.05, 0.1) is 18.3 Å². The normalized spacial score (nSPS) is 11.1. The quantitative estimate of drug-likeness (QED) is 0.470. The number of aromatic nitrogens is 2. The Morgan fingerprint density at radius 2 is 1.75 bits per heavy atom. The van der Waals surface area contributed by atoms with E-state index in [1.807, 2.05) is 38.1 Å². The van der Waals surface area contributed by atoms with Gasteiger partial charge in [0.25, 0.3) is 5.56 Å². The van der Waals surface area contributed by atoms with Crippen LogP contribution in [0.25, 0.3) is 21.3 Å². The highest BCUT2D eigenvalue weighted by Gasteiger charge is 2.18. The number of thiophene rings is 1. The smallest absolute Gasteiger partial charge is 0.263 e. The highest BCUT2D eigenvalue weighted by atomic mass is 32.1. The van der Waals surface area contributed by atoms with Gasteiger partial charge in [0.1, 0.15) is 10.6 Å². The van der Waals surface area contributed by atoms with E-state index in [2.05, 4.69) is 4.98 Å². The largest absolute Gasteiger partial charge is 0.292 e. The molecule has 0 aliphatic rings. The summed E-state index contributed by atoms with van der Waals surface area (Å²) in [6.45, 7) is 3.84. The Morgan fingerprint density at radius 1 is 1.07 bits per heavy atom. The van der Waals surface area contributed by atoms with Crippen LogP contribution in [-0.4, -0.2) is 15.3 Å². The topological polar surface area (TPSA) is 52.0 Å². The second kappa shape index (κ2) is 7.13. The number of carbonyl (C=O) groups is 1. The van der Waals surface area contributed by atoms with E-state index in [0.717, 1.165) is 21.6 Å². The maximum Gasteiger partial charge on any atom is 0.263 e. The molecule has 0 N–H and O–H groups in total. The zero-order valence-electron chi connectivity index (χ0n) is 15.4. The maximum absolute atomic E-state index is 13.1. The molecular weight excluding hydrogens is 375 g/mol. The molecule has 28 heavy (non-hydrogen) atoms. The van der Waals surface area contributed by atoms with Gasteiger partial charge in [-0.15, -0.1) is 11.3 Å². The Morgan fingerprint density at radius 3 is 2.43 bits per heavy atom. The molecule has 0 aliphatic carbocycles. The first-order valence-corrected chi connectivity index (χ1v) is 9.60. The fraction of sp³-hybridized carbons (Fsp3) is 0.136. The fourth-order valence-corrected chi connectivity index (χ4v) is 4.20. The molecule has 4 rings (SSSR count). The van der Waals surface area contributed by atoms with Gasteiger partial charge < -0.3 is 0 Å². The number of aryl methyl sites for hydroxylation is 2. The fourth-order valence-electron chi connectivity index (χ4n) is 3.20. The molecule has 0 saturated carbocycles. The van der Waals surface area contributed by atoms with Crippen LogP contribution in [0.1, 0.15) is 20.8 Å². The van der Waals surface area contributed by atoms with Crippen molar-refractivity contribution in [3.8, 4) is 11.1 Å². The molecule has 0 bridgehead atoms. The van der Waals surface area contributed by atoms with Crippen molar-refractivity contribution in [2.24, 2.45) is 0 Å². The van der Waals surface area contributed by atoms with Crippen molar-refractivity contribution in [3.05, 3.63) is 87.0 Å². The Hall–Kier alpha value is -3.12. The summed E-state index contributed by atoms with van der Waals surface area (Å²) in [4.78, 5) is 31.7. The minimum absolute atomic E-state index is 0.143. The van der Waals surface area contributed by atoms with Gasteiger partial charge in [-0.05, 0) is 43.7 Å². The van der Waals surface area contributed by atoms with E-state index < -0.39 is 5.82 Å². The average Bonchev–Trinajstić information content (AvgIpc) is 3.02. The monoisotopic (exact) mass is 392 g/mol. The number of benzene rings is 2. The maximum atomic E-state index is 13.1. The number of halogens is 1. The Kier molecular flexibility index (Phi) is 4.65. The predicted octanol–water partition coefficient (Wildman–Crippen LogP) is 4.76. The zero-order valence-corrected chi connectivity index (χ0v) is 16.2. The predicted molar refractivity (Wildman–Crippen MR) is 110 cm³/mol. The minimum atomic E-state index is -0.409.